The lowest BCUT2D eigenvalue weighted by Crippen LogP contribution is -2.31. The Labute approximate surface area is 129 Å². The van der Waals surface area contributed by atoms with Gasteiger partial charge in [-0.25, -0.2) is 0 Å². The van der Waals surface area contributed by atoms with E-state index in [1.54, 1.807) is 4.68 Å². The standard InChI is InChI=1S/C15H20ClN3O2/c1-9(8-19-12(4)14(16)11(3)18-19)15(20)17-7-13-6-5-10(2)21-13/h5-6,9H,7-8H2,1-4H3,(H,17,20)/t9-/m0/s1. The summed E-state index contributed by atoms with van der Waals surface area (Å²) in [5, 5.41) is 7.87. The van der Waals surface area contributed by atoms with Crippen LogP contribution in [0.4, 0.5) is 0 Å². The quantitative estimate of drug-likeness (QED) is 0.923. The van der Waals surface area contributed by atoms with Gasteiger partial charge in [-0.05, 0) is 32.9 Å². The molecular weight excluding hydrogens is 290 g/mol. The summed E-state index contributed by atoms with van der Waals surface area (Å²) in [6.45, 7) is 8.40. The molecular formula is C15H20ClN3O2. The molecule has 1 amide bonds. The Morgan fingerprint density at radius 3 is 2.67 bits per heavy atom. The first kappa shape index (κ1) is 15.6. The fourth-order valence-corrected chi connectivity index (χ4v) is 2.26. The normalized spacial score (nSPS) is 12.4. The predicted molar refractivity (Wildman–Crippen MR) is 81.2 cm³/mol. The first-order valence-electron chi connectivity index (χ1n) is 6.91. The molecule has 5 nitrogen and oxygen atoms in total. The van der Waals surface area contributed by atoms with Crippen LogP contribution < -0.4 is 5.32 Å². The minimum atomic E-state index is -0.199. The Morgan fingerprint density at radius 2 is 2.14 bits per heavy atom. The first-order valence-corrected chi connectivity index (χ1v) is 7.28. The Kier molecular flexibility index (Phi) is 4.73. The van der Waals surface area contributed by atoms with Gasteiger partial charge in [0.2, 0.25) is 5.91 Å². The number of nitrogens with zero attached hydrogens (tertiary/aromatic N) is 2. The predicted octanol–water partition coefficient (Wildman–Crippen LogP) is 3.01. The van der Waals surface area contributed by atoms with E-state index in [-0.39, 0.29) is 11.8 Å². The second-order valence-electron chi connectivity index (χ2n) is 5.30. The van der Waals surface area contributed by atoms with Crippen LogP contribution in [0.2, 0.25) is 5.02 Å². The van der Waals surface area contributed by atoms with Crippen molar-refractivity contribution in [2.75, 3.05) is 0 Å². The molecule has 2 aromatic rings. The lowest BCUT2D eigenvalue weighted by atomic mass is 10.1. The Bertz CT molecular complexity index is 645. The third kappa shape index (κ3) is 3.67. The summed E-state index contributed by atoms with van der Waals surface area (Å²) in [5.74, 6) is 1.36. The summed E-state index contributed by atoms with van der Waals surface area (Å²) in [5.41, 5.74) is 1.67. The molecule has 0 unspecified atom stereocenters. The van der Waals surface area contributed by atoms with E-state index < -0.39 is 0 Å². The zero-order valence-corrected chi connectivity index (χ0v) is 13.5. The molecule has 0 aliphatic carbocycles. The van der Waals surface area contributed by atoms with Crippen molar-refractivity contribution in [1.82, 2.24) is 15.1 Å². The number of nitrogens with one attached hydrogen (secondary N) is 1. The average molecular weight is 310 g/mol. The zero-order chi connectivity index (χ0) is 15.6. The van der Waals surface area contributed by atoms with E-state index >= 15 is 0 Å². The molecule has 6 heteroatoms. The van der Waals surface area contributed by atoms with Crippen molar-refractivity contribution in [2.45, 2.75) is 40.8 Å². The Morgan fingerprint density at radius 1 is 1.43 bits per heavy atom. The van der Waals surface area contributed by atoms with E-state index in [1.807, 2.05) is 39.8 Å². The van der Waals surface area contributed by atoms with Gasteiger partial charge in [-0.3, -0.25) is 9.48 Å². The maximum absolute atomic E-state index is 12.1. The largest absolute Gasteiger partial charge is 0.465 e. The number of carbonyl (C=O) groups excluding carboxylic acids is 1. The van der Waals surface area contributed by atoms with Gasteiger partial charge in [-0.1, -0.05) is 18.5 Å². The lowest BCUT2D eigenvalue weighted by Gasteiger charge is -2.12. The third-order valence-electron chi connectivity index (χ3n) is 3.42. The van der Waals surface area contributed by atoms with Crippen LogP contribution in [0.5, 0.6) is 0 Å². The number of rotatable bonds is 5. The van der Waals surface area contributed by atoms with Gasteiger partial charge in [0.25, 0.3) is 0 Å². The van der Waals surface area contributed by atoms with Crippen LogP contribution >= 0.6 is 11.6 Å². The van der Waals surface area contributed by atoms with Crippen LogP contribution in [0.15, 0.2) is 16.5 Å². The van der Waals surface area contributed by atoms with Crippen molar-refractivity contribution in [3.05, 3.63) is 40.1 Å². The summed E-state index contributed by atoms with van der Waals surface area (Å²) in [6, 6.07) is 3.74. The van der Waals surface area contributed by atoms with Gasteiger partial charge in [-0.15, -0.1) is 0 Å². The highest BCUT2D eigenvalue weighted by atomic mass is 35.5. The van der Waals surface area contributed by atoms with Gasteiger partial charge in [0.05, 0.1) is 35.4 Å². The van der Waals surface area contributed by atoms with Crippen molar-refractivity contribution in [2.24, 2.45) is 5.92 Å². The molecule has 2 rings (SSSR count). The Hall–Kier alpha value is -1.75. The summed E-state index contributed by atoms with van der Waals surface area (Å²) >= 11 is 6.11. The summed E-state index contributed by atoms with van der Waals surface area (Å²) in [6.07, 6.45) is 0. The highest BCUT2D eigenvalue weighted by Crippen LogP contribution is 2.19. The van der Waals surface area contributed by atoms with Crippen molar-refractivity contribution in [3.63, 3.8) is 0 Å². The van der Waals surface area contributed by atoms with Crippen molar-refractivity contribution in [1.29, 1.82) is 0 Å². The first-order chi connectivity index (χ1) is 9.88. The Balaban J connectivity index is 1.91. The maximum atomic E-state index is 12.1. The van der Waals surface area contributed by atoms with Gasteiger partial charge in [0.15, 0.2) is 0 Å². The van der Waals surface area contributed by atoms with Crippen LogP contribution in [0.3, 0.4) is 0 Å². The van der Waals surface area contributed by atoms with E-state index in [0.29, 0.717) is 18.1 Å². The minimum Gasteiger partial charge on any atom is -0.465 e. The number of furan rings is 1. The van der Waals surface area contributed by atoms with E-state index in [4.69, 9.17) is 16.0 Å². The topological polar surface area (TPSA) is 60.1 Å². The number of hydrogen-bond donors (Lipinski definition) is 1. The number of halogens is 1. The summed E-state index contributed by atoms with van der Waals surface area (Å²) in [4.78, 5) is 12.1. The van der Waals surface area contributed by atoms with Gasteiger partial charge in [0, 0.05) is 0 Å². The molecule has 0 aromatic carbocycles. The molecule has 2 aromatic heterocycles. The fraction of sp³-hybridized carbons (Fsp3) is 0.467. The van der Waals surface area contributed by atoms with Crippen LogP contribution in [-0.4, -0.2) is 15.7 Å². The number of aromatic nitrogens is 2. The van der Waals surface area contributed by atoms with Crippen LogP contribution in [0.1, 0.15) is 29.8 Å². The summed E-state index contributed by atoms with van der Waals surface area (Å²) in [7, 11) is 0. The van der Waals surface area contributed by atoms with Gasteiger partial charge < -0.3 is 9.73 Å². The van der Waals surface area contributed by atoms with E-state index in [1.165, 1.54) is 0 Å². The third-order valence-corrected chi connectivity index (χ3v) is 3.97. The molecule has 0 spiro atoms. The molecule has 114 valence electrons. The van der Waals surface area contributed by atoms with Crippen LogP contribution in [0.25, 0.3) is 0 Å². The minimum absolute atomic E-state index is 0.0345. The molecule has 1 N–H and O–H groups in total. The molecule has 0 aliphatic rings. The van der Waals surface area contributed by atoms with Gasteiger partial charge >= 0.3 is 0 Å². The average Bonchev–Trinajstić information content (AvgIpc) is 2.96. The fourth-order valence-electron chi connectivity index (χ4n) is 2.12. The highest BCUT2D eigenvalue weighted by molar-refractivity contribution is 6.31. The number of hydrogen-bond acceptors (Lipinski definition) is 3. The second-order valence-corrected chi connectivity index (χ2v) is 5.68. The lowest BCUT2D eigenvalue weighted by molar-refractivity contribution is -0.125. The van der Waals surface area contributed by atoms with Crippen molar-refractivity contribution < 1.29 is 9.21 Å². The molecule has 2 heterocycles. The second kappa shape index (κ2) is 6.35. The monoisotopic (exact) mass is 309 g/mol. The highest BCUT2D eigenvalue weighted by Gasteiger charge is 2.17. The van der Waals surface area contributed by atoms with Crippen LogP contribution in [-0.2, 0) is 17.9 Å². The number of aryl methyl sites for hydroxylation is 2. The molecule has 0 aliphatic heterocycles. The number of carbonyl (C=O) groups is 1. The summed E-state index contributed by atoms with van der Waals surface area (Å²) < 4.78 is 7.20. The number of amides is 1. The molecule has 0 fully saturated rings. The maximum Gasteiger partial charge on any atom is 0.225 e. The van der Waals surface area contributed by atoms with Gasteiger partial charge in [0.1, 0.15) is 11.5 Å². The zero-order valence-electron chi connectivity index (χ0n) is 12.7. The van der Waals surface area contributed by atoms with Crippen molar-refractivity contribution in [3.8, 4) is 0 Å². The SMILES string of the molecule is Cc1ccc(CNC(=O)[C@@H](C)Cn2nc(C)c(Cl)c2C)o1. The van der Waals surface area contributed by atoms with E-state index in [9.17, 15) is 4.79 Å². The molecule has 21 heavy (non-hydrogen) atoms. The van der Waals surface area contributed by atoms with Gasteiger partial charge in [-0.2, -0.15) is 5.10 Å². The van der Waals surface area contributed by atoms with Crippen LogP contribution in [0, 0.1) is 26.7 Å². The van der Waals surface area contributed by atoms with E-state index in [0.717, 1.165) is 22.9 Å². The van der Waals surface area contributed by atoms with Crippen molar-refractivity contribution >= 4 is 17.5 Å². The molecule has 1 atom stereocenters. The molecule has 0 saturated carbocycles. The smallest absolute Gasteiger partial charge is 0.225 e. The van der Waals surface area contributed by atoms with E-state index in [2.05, 4.69) is 10.4 Å². The molecule has 0 saturated heterocycles. The molecule has 0 radical (unpaired) electrons. The molecule has 0 bridgehead atoms.